The number of anilines is 2. The third kappa shape index (κ3) is 5.60. The van der Waals surface area contributed by atoms with Crippen molar-refractivity contribution in [3.63, 3.8) is 0 Å². The lowest BCUT2D eigenvalue weighted by molar-refractivity contribution is -0.184. The second-order valence-corrected chi connectivity index (χ2v) is 6.91. The molecule has 0 aliphatic carbocycles. The summed E-state index contributed by atoms with van der Waals surface area (Å²) in [6.45, 7) is 3.68. The number of likely N-dealkylation sites (N-methyl/N-ethyl adjacent to an activating group) is 1. The van der Waals surface area contributed by atoms with Gasteiger partial charge in [-0.05, 0) is 52.1 Å². The highest BCUT2D eigenvalue weighted by atomic mass is 19.4. The molecular weight excluding hydrogens is 347 g/mol. The molecule has 2 rings (SSSR count). The summed E-state index contributed by atoms with van der Waals surface area (Å²) in [6, 6.07) is 5.98. The minimum absolute atomic E-state index is 0.475. The summed E-state index contributed by atoms with van der Waals surface area (Å²) in [5.41, 5.74) is 2.66. The smallest absolute Gasteiger partial charge is 0.370 e. The molecule has 5 nitrogen and oxygen atoms in total. The number of hydrogen-bond donors (Lipinski definition) is 1. The second kappa shape index (κ2) is 8.26. The SMILES string of the molecule is Cc1ccc(NC(=O)[C@@H](C)OCC(F)(F)F)cc1N1CC[C@H](N(C)C)C1. The van der Waals surface area contributed by atoms with Crippen molar-refractivity contribution in [2.75, 3.05) is 44.0 Å². The van der Waals surface area contributed by atoms with Crippen molar-refractivity contribution in [1.29, 1.82) is 0 Å². The normalized spacial score (nSPS) is 19.1. The van der Waals surface area contributed by atoms with Crippen molar-refractivity contribution in [1.82, 2.24) is 4.90 Å². The molecule has 0 radical (unpaired) electrons. The molecule has 1 heterocycles. The lowest BCUT2D eigenvalue weighted by Crippen LogP contribution is -2.32. The van der Waals surface area contributed by atoms with E-state index in [1.165, 1.54) is 6.92 Å². The fourth-order valence-electron chi connectivity index (χ4n) is 2.95. The van der Waals surface area contributed by atoms with E-state index in [9.17, 15) is 18.0 Å². The second-order valence-electron chi connectivity index (χ2n) is 6.91. The number of ether oxygens (including phenoxy) is 1. The van der Waals surface area contributed by atoms with Gasteiger partial charge in [0.1, 0.15) is 12.7 Å². The average Bonchev–Trinajstić information content (AvgIpc) is 3.03. The largest absolute Gasteiger partial charge is 0.411 e. The Labute approximate surface area is 152 Å². The van der Waals surface area contributed by atoms with Crippen molar-refractivity contribution < 1.29 is 22.7 Å². The van der Waals surface area contributed by atoms with E-state index in [0.29, 0.717) is 11.7 Å². The zero-order chi connectivity index (χ0) is 19.5. The summed E-state index contributed by atoms with van der Waals surface area (Å²) in [5, 5.41) is 2.63. The van der Waals surface area contributed by atoms with E-state index < -0.39 is 24.8 Å². The molecule has 1 aliphatic rings. The molecule has 1 aromatic carbocycles. The van der Waals surface area contributed by atoms with E-state index >= 15 is 0 Å². The van der Waals surface area contributed by atoms with Crippen molar-refractivity contribution in [3.05, 3.63) is 23.8 Å². The van der Waals surface area contributed by atoms with Crippen LogP contribution in [0.2, 0.25) is 0 Å². The first-order chi connectivity index (χ1) is 12.1. The molecule has 146 valence electrons. The molecular formula is C18H26F3N3O2. The van der Waals surface area contributed by atoms with E-state index in [2.05, 4.69) is 33.9 Å². The molecule has 26 heavy (non-hydrogen) atoms. The Morgan fingerprint density at radius 3 is 2.69 bits per heavy atom. The van der Waals surface area contributed by atoms with Crippen molar-refractivity contribution in [2.24, 2.45) is 0 Å². The zero-order valence-electron chi connectivity index (χ0n) is 15.6. The molecule has 0 spiro atoms. The van der Waals surface area contributed by atoms with Gasteiger partial charge in [-0.1, -0.05) is 6.07 Å². The van der Waals surface area contributed by atoms with Gasteiger partial charge < -0.3 is 19.9 Å². The summed E-state index contributed by atoms with van der Waals surface area (Å²) in [5.74, 6) is -0.600. The maximum absolute atomic E-state index is 12.2. The van der Waals surface area contributed by atoms with Gasteiger partial charge in [-0.15, -0.1) is 0 Å². The Kier molecular flexibility index (Phi) is 6.52. The highest BCUT2D eigenvalue weighted by molar-refractivity contribution is 5.94. The standard InChI is InChI=1S/C18H26F3N3O2/c1-12-5-6-14(22-17(25)13(2)26-11-18(19,20)21)9-16(12)24-8-7-15(10-24)23(3)4/h5-6,9,13,15H,7-8,10-11H2,1-4H3,(H,22,25)/t13-,15+/m1/s1. The third-order valence-electron chi connectivity index (χ3n) is 4.58. The fourth-order valence-corrected chi connectivity index (χ4v) is 2.95. The lowest BCUT2D eigenvalue weighted by Gasteiger charge is -2.24. The number of benzene rings is 1. The number of rotatable bonds is 6. The van der Waals surface area contributed by atoms with Gasteiger partial charge in [-0.25, -0.2) is 0 Å². The quantitative estimate of drug-likeness (QED) is 0.833. The number of aryl methyl sites for hydroxylation is 1. The molecule has 1 saturated heterocycles. The van der Waals surface area contributed by atoms with Gasteiger partial charge in [-0.2, -0.15) is 13.2 Å². The van der Waals surface area contributed by atoms with E-state index in [1.54, 1.807) is 6.07 Å². The number of carbonyl (C=O) groups is 1. The predicted molar refractivity (Wildman–Crippen MR) is 95.6 cm³/mol. The number of hydrogen-bond acceptors (Lipinski definition) is 4. The molecule has 1 fully saturated rings. The molecule has 1 amide bonds. The molecule has 1 N–H and O–H groups in total. The van der Waals surface area contributed by atoms with Gasteiger partial charge >= 0.3 is 6.18 Å². The maximum Gasteiger partial charge on any atom is 0.411 e. The summed E-state index contributed by atoms with van der Waals surface area (Å²) < 4.78 is 41.2. The Bertz CT molecular complexity index is 635. The van der Waals surface area contributed by atoms with E-state index in [1.807, 2.05) is 19.1 Å². The number of nitrogens with one attached hydrogen (secondary N) is 1. The van der Waals surface area contributed by atoms with Gasteiger partial charge in [-0.3, -0.25) is 4.79 Å². The zero-order valence-corrected chi connectivity index (χ0v) is 15.6. The first-order valence-corrected chi connectivity index (χ1v) is 8.58. The van der Waals surface area contributed by atoms with E-state index in [-0.39, 0.29) is 0 Å². The van der Waals surface area contributed by atoms with Crippen LogP contribution in [-0.2, 0) is 9.53 Å². The Morgan fingerprint density at radius 2 is 2.12 bits per heavy atom. The maximum atomic E-state index is 12.2. The van der Waals surface area contributed by atoms with Crippen molar-refractivity contribution in [3.8, 4) is 0 Å². The molecule has 1 aliphatic heterocycles. The van der Waals surface area contributed by atoms with Crippen molar-refractivity contribution >= 4 is 17.3 Å². The van der Waals surface area contributed by atoms with Crippen LogP contribution in [0.5, 0.6) is 0 Å². The number of amides is 1. The van der Waals surface area contributed by atoms with Crippen LogP contribution in [0, 0.1) is 6.92 Å². The topological polar surface area (TPSA) is 44.8 Å². The van der Waals surface area contributed by atoms with E-state index in [0.717, 1.165) is 30.8 Å². The number of nitrogens with zero attached hydrogens (tertiary/aromatic N) is 2. The molecule has 0 unspecified atom stereocenters. The van der Waals surface area contributed by atoms with Gasteiger partial charge in [0, 0.05) is 30.5 Å². The number of halogens is 3. The lowest BCUT2D eigenvalue weighted by atomic mass is 10.1. The van der Waals surface area contributed by atoms with Crippen LogP contribution in [0.25, 0.3) is 0 Å². The third-order valence-corrected chi connectivity index (χ3v) is 4.58. The first-order valence-electron chi connectivity index (χ1n) is 8.58. The summed E-state index contributed by atoms with van der Waals surface area (Å²) >= 11 is 0. The van der Waals surface area contributed by atoms with Crippen LogP contribution in [0.4, 0.5) is 24.5 Å². The Balaban J connectivity index is 2.02. The van der Waals surface area contributed by atoms with Gasteiger partial charge in [0.05, 0.1) is 0 Å². The summed E-state index contributed by atoms with van der Waals surface area (Å²) in [4.78, 5) is 16.5. The molecule has 0 aromatic heterocycles. The molecule has 0 saturated carbocycles. The van der Waals surface area contributed by atoms with Crippen LogP contribution in [0.1, 0.15) is 18.9 Å². The fraction of sp³-hybridized carbons (Fsp3) is 0.611. The molecule has 8 heteroatoms. The predicted octanol–water partition coefficient (Wildman–Crippen LogP) is 3.04. The van der Waals surface area contributed by atoms with Crippen LogP contribution in [-0.4, -0.2) is 62.9 Å². The van der Waals surface area contributed by atoms with Crippen LogP contribution in [0.15, 0.2) is 18.2 Å². The average molecular weight is 373 g/mol. The Hall–Kier alpha value is -1.80. The van der Waals surface area contributed by atoms with Gasteiger partial charge in [0.15, 0.2) is 0 Å². The van der Waals surface area contributed by atoms with E-state index in [4.69, 9.17) is 0 Å². The monoisotopic (exact) mass is 373 g/mol. The van der Waals surface area contributed by atoms with Crippen molar-refractivity contribution in [2.45, 2.75) is 38.6 Å². The summed E-state index contributed by atoms with van der Waals surface area (Å²) in [7, 11) is 4.11. The van der Waals surface area contributed by atoms with Crippen LogP contribution in [0.3, 0.4) is 0 Å². The number of alkyl halides is 3. The van der Waals surface area contributed by atoms with Gasteiger partial charge in [0.2, 0.25) is 0 Å². The van der Waals surface area contributed by atoms with Crippen LogP contribution >= 0.6 is 0 Å². The number of carbonyl (C=O) groups excluding carboxylic acids is 1. The molecule has 2 atom stereocenters. The highest BCUT2D eigenvalue weighted by Crippen LogP contribution is 2.28. The minimum atomic E-state index is -4.45. The van der Waals surface area contributed by atoms with Gasteiger partial charge in [0.25, 0.3) is 5.91 Å². The highest BCUT2D eigenvalue weighted by Gasteiger charge is 2.30. The minimum Gasteiger partial charge on any atom is -0.370 e. The summed E-state index contributed by atoms with van der Waals surface area (Å²) in [6.07, 6.45) is -4.58. The molecule has 1 aromatic rings. The van der Waals surface area contributed by atoms with Crippen LogP contribution < -0.4 is 10.2 Å². The molecule has 0 bridgehead atoms. The Morgan fingerprint density at radius 1 is 1.42 bits per heavy atom. The first kappa shape index (κ1) is 20.5.